The lowest BCUT2D eigenvalue weighted by atomic mass is 10.1. The topological polar surface area (TPSA) is 95.0 Å². The van der Waals surface area contributed by atoms with E-state index in [1.54, 1.807) is 4.90 Å². The molecule has 1 aromatic rings. The summed E-state index contributed by atoms with van der Waals surface area (Å²) < 4.78 is 0. The molecule has 2 atom stereocenters. The van der Waals surface area contributed by atoms with Gasteiger partial charge in [0.05, 0.1) is 18.0 Å². The van der Waals surface area contributed by atoms with Crippen molar-refractivity contribution in [2.24, 2.45) is 5.92 Å². The molecular weight excluding hydrogens is 254 g/mol. The maximum absolute atomic E-state index is 8.95. The van der Waals surface area contributed by atoms with Crippen LogP contribution in [-0.2, 0) is 0 Å². The predicted molar refractivity (Wildman–Crippen MR) is 79.0 cm³/mol. The quantitative estimate of drug-likeness (QED) is 0.830. The number of hydrogen-bond donors (Lipinski definition) is 1. The summed E-state index contributed by atoms with van der Waals surface area (Å²) >= 11 is 0. The summed E-state index contributed by atoms with van der Waals surface area (Å²) in [6.45, 7) is 7.47. The van der Waals surface area contributed by atoms with Gasteiger partial charge in [0, 0.05) is 20.6 Å². The molecule has 110 valence electrons. The first-order valence-electron chi connectivity index (χ1n) is 6.71. The van der Waals surface area contributed by atoms with Crippen molar-refractivity contribution in [3.8, 4) is 6.07 Å². The average Bonchev–Trinajstić information content (AvgIpc) is 2.42. The molecule has 1 rings (SSSR count). The molecule has 0 aliphatic heterocycles. The molecular formula is C13H23N7. The highest BCUT2D eigenvalue weighted by atomic mass is 15.3. The lowest BCUT2D eigenvalue weighted by Crippen LogP contribution is -2.32. The van der Waals surface area contributed by atoms with Crippen LogP contribution >= 0.6 is 0 Å². The van der Waals surface area contributed by atoms with Gasteiger partial charge in [-0.1, -0.05) is 6.92 Å². The Labute approximate surface area is 120 Å². The van der Waals surface area contributed by atoms with Crippen molar-refractivity contribution < 1.29 is 0 Å². The summed E-state index contributed by atoms with van der Waals surface area (Å²) in [5.41, 5.74) is 5.74. The molecule has 1 aromatic heterocycles. The zero-order chi connectivity index (χ0) is 15.3. The Morgan fingerprint density at radius 2 is 1.90 bits per heavy atom. The highest BCUT2D eigenvalue weighted by Crippen LogP contribution is 2.19. The molecule has 7 heteroatoms. The van der Waals surface area contributed by atoms with Gasteiger partial charge >= 0.3 is 0 Å². The monoisotopic (exact) mass is 277 g/mol. The Morgan fingerprint density at radius 3 is 2.40 bits per heavy atom. The molecule has 0 radical (unpaired) electrons. The van der Waals surface area contributed by atoms with Gasteiger partial charge in [-0.2, -0.15) is 20.2 Å². The van der Waals surface area contributed by atoms with E-state index in [9.17, 15) is 0 Å². The fourth-order valence-corrected chi connectivity index (χ4v) is 1.90. The third-order valence-corrected chi connectivity index (χ3v) is 3.11. The molecule has 0 saturated carbocycles. The Hall–Kier alpha value is -1.94. The lowest BCUT2D eigenvalue weighted by molar-refractivity contribution is 0.199. The SMILES string of the molecule is CCN(C[C@@H](C)C#N)[C@@H](C)c1nc(N)nc(N(C)C)n1. The fraction of sp³-hybridized carbons (Fsp3) is 0.692. The zero-order valence-corrected chi connectivity index (χ0v) is 12.8. The number of anilines is 2. The summed E-state index contributed by atoms with van der Waals surface area (Å²) in [5, 5.41) is 8.95. The van der Waals surface area contributed by atoms with E-state index < -0.39 is 0 Å². The molecule has 0 aromatic carbocycles. The van der Waals surface area contributed by atoms with Crippen LogP contribution in [0.15, 0.2) is 0 Å². The molecule has 0 unspecified atom stereocenters. The molecule has 0 aliphatic carbocycles. The molecule has 7 nitrogen and oxygen atoms in total. The number of nitrogens with two attached hydrogens (primary N) is 1. The second-order valence-electron chi connectivity index (χ2n) is 5.04. The second kappa shape index (κ2) is 7.01. The van der Waals surface area contributed by atoms with E-state index in [-0.39, 0.29) is 17.9 Å². The summed E-state index contributed by atoms with van der Waals surface area (Å²) in [7, 11) is 3.72. The van der Waals surface area contributed by atoms with Gasteiger partial charge in [0.15, 0.2) is 5.82 Å². The molecule has 0 fully saturated rings. The van der Waals surface area contributed by atoms with Gasteiger partial charge in [-0.05, 0) is 20.4 Å². The normalized spacial score (nSPS) is 13.8. The van der Waals surface area contributed by atoms with Crippen LogP contribution in [0.4, 0.5) is 11.9 Å². The first-order chi connectivity index (χ1) is 9.38. The van der Waals surface area contributed by atoms with Crippen molar-refractivity contribution >= 4 is 11.9 Å². The number of nitriles is 1. The predicted octanol–water partition coefficient (Wildman–Crippen LogP) is 1.06. The molecule has 1 heterocycles. The lowest BCUT2D eigenvalue weighted by Gasteiger charge is -2.28. The Balaban J connectivity index is 3.00. The third-order valence-electron chi connectivity index (χ3n) is 3.11. The van der Waals surface area contributed by atoms with Gasteiger partial charge in [0.2, 0.25) is 11.9 Å². The summed E-state index contributed by atoms with van der Waals surface area (Å²) in [4.78, 5) is 16.7. The van der Waals surface area contributed by atoms with Crippen LogP contribution in [0, 0.1) is 17.2 Å². The van der Waals surface area contributed by atoms with Gasteiger partial charge in [0.25, 0.3) is 0 Å². The Bertz CT molecular complexity index is 480. The van der Waals surface area contributed by atoms with Crippen molar-refractivity contribution in [3.05, 3.63) is 5.82 Å². The first kappa shape index (κ1) is 16.1. The average molecular weight is 277 g/mol. The number of aromatic nitrogens is 3. The minimum atomic E-state index is -0.0371. The molecule has 0 spiro atoms. The molecule has 0 saturated heterocycles. The first-order valence-corrected chi connectivity index (χ1v) is 6.71. The zero-order valence-electron chi connectivity index (χ0n) is 12.8. The fourth-order valence-electron chi connectivity index (χ4n) is 1.90. The maximum atomic E-state index is 8.95. The standard InChI is InChI=1S/C13H23N7/c1-6-20(8-9(2)7-14)10(3)11-16-12(15)18-13(17-11)19(4)5/h9-10H,6,8H2,1-5H3,(H2,15,16,17,18)/t9-,10-/m0/s1. The molecule has 0 aliphatic rings. The van der Waals surface area contributed by atoms with Crippen molar-refractivity contribution in [1.29, 1.82) is 5.26 Å². The van der Waals surface area contributed by atoms with Gasteiger partial charge in [-0.3, -0.25) is 4.90 Å². The minimum absolute atomic E-state index is 0.0141. The van der Waals surface area contributed by atoms with Crippen LogP contribution in [0.5, 0.6) is 0 Å². The van der Waals surface area contributed by atoms with E-state index in [0.717, 1.165) is 6.54 Å². The highest BCUT2D eigenvalue weighted by molar-refractivity contribution is 5.33. The van der Waals surface area contributed by atoms with Gasteiger partial charge < -0.3 is 10.6 Å². The molecule has 0 bridgehead atoms. The van der Waals surface area contributed by atoms with E-state index in [2.05, 4.69) is 32.8 Å². The van der Waals surface area contributed by atoms with Crippen LogP contribution in [0.3, 0.4) is 0 Å². The van der Waals surface area contributed by atoms with Gasteiger partial charge in [-0.25, -0.2) is 0 Å². The second-order valence-corrected chi connectivity index (χ2v) is 5.04. The maximum Gasteiger partial charge on any atom is 0.229 e. The molecule has 2 N–H and O–H groups in total. The van der Waals surface area contributed by atoms with E-state index >= 15 is 0 Å². The number of hydrogen-bond acceptors (Lipinski definition) is 7. The molecule has 20 heavy (non-hydrogen) atoms. The summed E-state index contributed by atoms with van der Waals surface area (Å²) in [5.74, 6) is 1.36. The van der Waals surface area contributed by atoms with Crippen molar-refractivity contribution in [2.45, 2.75) is 26.8 Å². The van der Waals surface area contributed by atoms with Crippen LogP contribution in [0.1, 0.15) is 32.6 Å². The smallest absolute Gasteiger partial charge is 0.229 e. The van der Waals surface area contributed by atoms with Crippen LogP contribution in [0.2, 0.25) is 0 Å². The van der Waals surface area contributed by atoms with Gasteiger partial charge in [-0.15, -0.1) is 0 Å². The van der Waals surface area contributed by atoms with Crippen molar-refractivity contribution in [3.63, 3.8) is 0 Å². The number of nitrogens with zero attached hydrogens (tertiary/aromatic N) is 6. The van der Waals surface area contributed by atoms with E-state index in [0.29, 0.717) is 18.3 Å². The number of nitrogen functional groups attached to an aromatic ring is 1. The van der Waals surface area contributed by atoms with Crippen LogP contribution in [-0.4, -0.2) is 47.0 Å². The van der Waals surface area contributed by atoms with Crippen molar-refractivity contribution in [2.75, 3.05) is 37.8 Å². The molecule has 0 amide bonds. The van der Waals surface area contributed by atoms with E-state index in [1.807, 2.05) is 27.9 Å². The number of rotatable bonds is 6. The Morgan fingerprint density at radius 1 is 1.25 bits per heavy atom. The summed E-state index contributed by atoms with van der Waals surface area (Å²) in [6, 6.07) is 2.24. The van der Waals surface area contributed by atoms with Gasteiger partial charge in [0.1, 0.15) is 0 Å². The Kier molecular flexibility index (Phi) is 5.65. The largest absolute Gasteiger partial charge is 0.368 e. The third kappa shape index (κ3) is 4.03. The summed E-state index contributed by atoms with van der Waals surface area (Å²) in [6.07, 6.45) is 0. The van der Waals surface area contributed by atoms with E-state index in [4.69, 9.17) is 11.0 Å². The van der Waals surface area contributed by atoms with Crippen LogP contribution < -0.4 is 10.6 Å². The van der Waals surface area contributed by atoms with Crippen LogP contribution in [0.25, 0.3) is 0 Å². The van der Waals surface area contributed by atoms with Crippen molar-refractivity contribution in [1.82, 2.24) is 19.9 Å². The van der Waals surface area contributed by atoms with E-state index in [1.165, 1.54) is 0 Å². The minimum Gasteiger partial charge on any atom is -0.368 e. The highest BCUT2D eigenvalue weighted by Gasteiger charge is 2.20.